The summed E-state index contributed by atoms with van der Waals surface area (Å²) in [4.78, 5) is 25.3. The third-order valence-corrected chi connectivity index (χ3v) is 5.14. The Bertz CT molecular complexity index is 784. The molecule has 1 aliphatic rings. The molecule has 0 aliphatic carbocycles. The van der Waals surface area contributed by atoms with Crippen molar-refractivity contribution in [3.8, 4) is 0 Å². The van der Waals surface area contributed by atoms with E-state index in [9.17, 15) is 19.3 Å². The number of aromatic amines is 1. The smallest absolute Gasteiger partial charge is 0.406 e. The first-order valence-corrected chi connectivity index (χ1v) is 8.72. The standard InChI is InChI=1S/C12H17B2N2O9P/c1-21-8-7(25-26(20,22-2)23-3)9(12(13,14)19)24-10(8)16-5-4-6(17)15-11(16)18/h4-5,7-10,19H,1-3H3,(H,15,17,18). The molecule has 0 aromatic carbocycles. The molecular weight excluding hydrogens is 369 g/mol. The molecule has 2 N–H and O–H groups in total. The topological polar surface area (TPSA) is 138 Å². The summed E-state index contributed by atoms with van der Waals surface area (Å²) in [6.45, 7) is 0. The van der Waals surface area contributed by atoms with E-state index in [0.29, 0.717) is 0 Å². The molecule has 4 radical (unpaired) electrons. The average Bonchev–Trinajstić information content (AvgIpc) is 2.92. The van der Waals surface area contributed by atoms with Crippen LogP contribution in [0, 0.1) is 0 Å². The molecule has 4 atom stereocenters. The minimum atomic E-state index is -4.05. The molecule has 0 bridgehead atoms. The summed E-state index contributed by atoms with van der Waals surface area (Å²) in [5, 5.41) is 7.55. The van der Waals surface area contributed by atoms with Gasteiger partial charge in [-0.15, -0.1) is 0 Å². The van der Waals surface area contributed by atoms with Crippen LogP contribution in [0.4, 0.5) is 0 Å². The lowest BCUT2D eigenvalue weighted by Gasteiger charge is -2.32. The second-order valence-electron chi connectivity index (χ2n) is 5.43. The quantitative estimate of drug-likeness (QED) is 0.411. The number of hydrogen-bond acceptors (Lipinski definition) is 9. The number of hydrogen-bond donors (Lipinski definition) is 2. The van der Waals surface area contributed by atoms with Crippen LogP contribution in [0.3, 0.4) is 0 Å². The number of H-pyrrole nitrogens is 1. The Morgan fingerprint density at radius 3 is 2.35 bits per heavy atom. The molecule has 14 heteroatoms. The SMILES string of the molecule is [B]C([B])(O)C1OC(n2ccc(=O)[nH]c2=O)C(OC)C1OP(=O)(OC)OC. The van der Waals surface area contributed by atoms with E-state index in [4.69, 9.17) is 38.7 Å². The predicted molar refractivity (Wildman–Crippen MR) is 89.0 cm³/mol. The molecule has 2 heterocycles. The number of nitrogens with zero attached hydrogens (tertiary/aromatic N) is 1. The molecular formula is C12H17B2N2O9P. The second kappa shape index (κ2) is 7.81. The number of phosphoric ester groups is 1. The number of ether oxygens (including phenoxy) is 2. The summed E-state index contributed by atoms with van der Waals surface area (Å²) in [5.74, 6) is 0. The zero-order valence-electron chi connectivity index (χ0n) is 14.2. The van der Waals surface area contributed by atoms with E-state index < -0.39 is 49.0 Å². The van der Waals surface area contributed by atoms with Gasteiger partial charge in [0.05, 0.1) is 0 Å². The van der Waals surface area contributed by atoms with E-state index in [-0.39, 0.29) is 0 Å². The van der Waals surface area contributed by atoms with Gasteiger partial charge in [-0.3, -0.25) is 27.9 Å². The predicted octanol–water partition coefficient (Wildman–Crippen LogP) is -1.78. The van der Waals surface area contributed by atoms with Crippen molar-refractivity contribution in [3.05, 3.63) is 33.1 Å². The summed E-state index contributed by atoms with van der Waals surface area (Å²) in [7, 11) is 10.4. The van der Waals surface area contributed by atoms with Gasteiger partial charge in [-0.05, 0) is 0 Å². The van der Waals surface area contributed by atoms with Crippen molar-refractivity contribution in [2.75, 3.05) is 21.3 Å². The largest absolute Gasteiger partial charge is 0.474 e. The second-order valence-corrected chi connectivity index (χ2v) is 7.27. The zero-order valence-corrected chi connectivity index (χ0v) is 15.1. The van der Waals surface area contributed by atoms with Crippen molar-refractivity contribution < 1.29 is 32.7 Å². The molecule has 1 fully saturated rings. The zero-order chi connectivity index (χ0) is 19.7. The highest BCUT2D eigenvalue weighted by Crippen LogP contribution is 2.52. The number of phosphoric acid groups is 1. The van der Waals surface area contributed by atoms with E-state index in [0.717, 1.165) is 31.0 Å². The fraction of sp³-hybridized carbons (Fsp3) is 0.667. The molecule has 0 saturated carbocycles. The van der Waals surface area contributed by atoms with Crippen LogP contribution in [0.1, 0.15) is 6.23 Å². The lowest BCUT2D eigenvalue weighted by Crippen LogP contribution is -2.51. The maximum atomic E-state index is 12.3. The van der Waals surface area contributed by atoms with Gasteiger partial charge in [0.25, 0.3) is 5.56 Å². The van der Waals surface area contributed by atoms with Gasteiger partial charge in [0, 0.05) is 39.0 Å². The van der Waals surface area contributed by atoms with Crippen molar-refractivity contribution in [1.82, 2.24) is 9.55 Å². The number of rotatable bonds is 7. The Morgan fingerprint density at radius 2 is 1.88 bits per heavy atom. The molecule has 1 aromatic rings. The van der Waals surface area contributed by atoms with Gasteiger partial charge < -0.3 is 14.6 Å². The summed E-state index contributed by atoms with van der Waals surface area (Å²) >= 11 is 0. The van der Waals surface area contributed by atoms with Gasteiger partial charge in [-0.2, -0.15) is 0 Å². The summed E-state index contributed by atoms with van der Waals surface area (Å²) < 4.78 is 38.9. The van der Waals surface area contributed by atoms with Crippen molar-refractivity contribution in [3.63, 3.8) is 0 Å². The molecule has 1 aliphatic heterocycles. The van der Waals surface area contributed by atoms with E-state index in [2.05, 4.69) is 0 Å². The molecule has 140 valence electrons. The molecule has 26 heavy (non-hydrogen) atoms. The third kappa shape index (κ3) is 4.20. The van der Waals surface area contributed by atoms with Crippen molar-refractivity contribution in [1.29, 1.82) is 0 Å². The van der Waals surface area contributed by atoms with Gasteiger partial charge in [0.2, 0.25) is 0 Å². The molecule has 4 unspecified atom stereocenters. The van der Waals surface area contributed by atoms with Gasteiger partial charge in [0.15, 0.2) is 6.23 Å². The minimum Gasteiger partial charge on any atom is -0.406 e. The van der Waals surface area contributed by atoms with Gasteiger partial charge in [-0.25, -0.2) is 9.36 Å². The number of aromatic nitrogens is 2. The Hall–Kier alpha value is -1.20. The molecule has 0 amide bonds. The van der Waals surface area contributed by atoms with Crippen LogP contribution in [0.5, 0.6) is 0 Å². The maximum Gasteiger partial charge on any atom is 0.474 e. The van der Waals surface area contributed by atoms with Crippen molar-refractivity contribution >= 4 is 23.5 Å². The van der Waals surface area contributed by atoms with Gasteiger partial charge in [-0.1, -0.05) is 0 Å². The first-order chi connectivity index (χ1) is 12.1. The van der Waals surface area contributed by atoms with Crippen LogP contribution in [0.15, 0.2) is 21.9 Å². The summed E-state index contributed by atoms with van der Waals surface area (Å²) in [6.07, 6.45) is -4.04. The number of methoxy groups -OCH3 is 1. The van der Waals surface area contributed by atoms with Crippen LogP contribution >= 0.6 is 7.82 Å². The molecule has 1 aromatic heterocycles. The van der Waals surface area contributed by atoms with Crippen LogP contribution in [0.25, 0.3) is 0 Å². The Morgan fingerprint density at radius 1 is 1.27 bits per heavy atom. The monoisotopic (exact) mass is 386 g/mol. The fourth-order valence-corrected chi connectivity index (χ4v) is 3.39. The fourth-order valence-electron chi connectivity index (χ4n) is 2.54. The first-order valence-electron chi connectivity index (χ1n) is 7.26. The van der Waals surface area contributed by atoms with Crippen LogP contribution in [0.2, 0.25) is 0 Å². The Kier molecular flexibility index (Phi) is 6.34. The average molecular weight is 386 g/mol. The maximum absolute atomic E-state index is 12.3. The van der Waals surface area contributed by atoms with Crippen LogP contribution in [-0.4, -0.2) is 75.4 Å². The Balaban J connectivity index is 2.48. The summed E-state index contributed by atoms with van der Waals surface area (Å²) in [5.41, 5.74) is -1.44. The van der Waals surface area contributed by atoms with Gasteiger partial charge >= 0.3 is 13.5 Å². The van der Waals surface area contributed by atoms with Gasteiger partial charge in [0.1, 0.15) is 34.0 Å². The number of nitrogens with one attached hydrogen (secondary N) is 1. The van der Waals surface area contributed by atoms with Crippen LogP contribution < -0.4 is 11.2 Å². The van der Waals surface area contributed by atoms with Crippen LogP contribution in [-0.2, 0) is 27.6 Å². The van der Waals surface area contributed by atoms with E-state index in [1.165, 1.54) is 7.11 Å². The lowest BCUT2D eigenvalue weighted by molar-refractivity contribution is -0.0793. The van der Waals surface area contributed by atoms with E-state index >= 15 is 0 Å². The highest BCUT2D eigenvalue weighted by atomic mass is 31.2. The van der Waals surface area contributed by atoms with Crippen molar-refractivity contribution in [2.45, 2.75) is 29.9 Å². The normalized spacial score (nSPS) is 26.9. The van der Waals surface area contributed by atoms with Crippen molar-refractivity contribution in [2.24, 2.45) is 0 Å². The molecule has 1 saturated heterocycles. The summed E-state index contributed by atoms with van der Waals surface area (Å²) in [6, 6.07) is 1.08. The third-order valence-electron chi connectivity index (χ3n) is 3.74. The molecule has 2 rings (SSSR count). The molecule has 0 spiro atoms. The lowest BCUT2D eigenvalue weighted by atomic mass is 9.61. The Labute approximate surface area is 151 Å². The molecule has 11 nitrogen and oxygen atoms in total. The highest BCUT2D eigenvalue weighted by Gasteiger charge is 2.54. The highest BCUT2D eigenvalue weighted by molar-refractivity contribution is 7.48. The minimum absolute atomic E-state index is 0.625. The van der Waals surface area contributed by atoms with E-state index in [1.807, 2.05) is 4.98 Å². The van der Waals surface area contributed by atoms with E-state index in [1.54, 1.807) is 0 Å². The first kappa shape index (κ1) is 21.1. The number of aliphatic hydroxyl groups is 1.